The van der Waals surface area contributed by atoms with Gasteiger partial charge in [-0.1, -0.05) is 17.3 Å². The summed E-state index contributed by atoms with van der Waals surface area (Å²) in [6.07, 6.45) is 1.48. The molecule has 2 aromatic carbocycles. The van der Waals surface area contributed by atoms with Crippen LogP contribution in [0.2, 0.25) is 0 Å². The second kappa shape index (κ2) is 14.6. The number of fused-ring (bicyclic) bond motifs is 1. The molecule has 1 amide bonds. The lowest BCUT2D eigenvalue weighted by Crippen LogP contribution is -2.47. The Labute approximate surface area is 252 Å². The number of hydrogen-bond donors (Lipinski definition) is 2. The van der Waals surface area contributed by atoms with E-state index in [0.29, 0.717) is 33.0 Å². The molecule has 1 unspecified atom stereocenters. The van der Waals surface area contributed by atoms with Gasteiger partial charge in [-0.15, -0.1) is 16.4 Å². The molecule has 0 aliphatic heterocycles. The summed E-state index contributed by atoms with van der Waals surface area (Å²) >= 11 is -0.648. The van der Waals surface area contributed by atoms with Crippen molar-refractivity contribution < 1.29 is 41.2 Å². The van der Waals surface area contributed by atoms with Crippen LogP contribution in [0.1, 0.15) is 11.3 Å². The van der Waals surface area contributed by atoms with E-state index in [1.807, 2.05) is 0 Å². The first-order valence-electron chi connectivity index (χ1n) is 12.5. The molecule has 0 saturated heterocycles. The van der Waals surface area contributed by atoms with E-state index in [4.69, 9.17) is 19.3 Å². The molecule has 0 saturated carbocycles. The Morgan fingerprint density at radius 1 is 1.21 bits per heavy atom. The smallest absolute Gasteiger partial charge is 0.333 e. The molecule has 4 aromatic rings. The molecular formula is C25H27FN6O8S3. The number of alkyl halides is 1. The van der Waals surface area contributed by atoms with E-state index in [2.05, 4.69) is 20.6 Å². The van der Waals surface area contributed by atoms with Crippen LogP contribution < -0.4 is 19.9 Å². The number of esters is 1. The SMILES string of the molecule is COC(=O)[C@@H](C[S+]([O-])Cc1cccc(OCCF)c1)NC(=O)Cn1cc(COc2ccc3nc(S(N)(=O)=O)sc3c2)nn1. The maximum atomic E-state index is 12.8. The molecule has 43 heavy (non-hydrogen) atoms. The van der Waals surface area contributed by atoms with Crippen LogP contribution in [0, 0.1) is 0 Å². The number of hydrogen-bond acceptors (Lipinski definition) is 12. The summed E-state index contributed by atoms with van der Waals surface area (Å²) in [4.78, 5) is 29.0. The van der Waals surface area contributed by atoms with Crippen molar-refractivity contribution in [2.45, 2.75) is 29.3 Å². The van der Waals surface area contributed by atoms with Gasteiger partial charge in [0.15, 0.2) is 6.04 Å². The fourth-order valence-electron chi connectivity index (χ4n) is 3.74. The highest BCUT2D eigenvalue weighted by atomic mass is 32.2. The first-order chi connectivity index (χ1) is 20.5. The normalized spacial score (nSPS) is 12.9. The number of sulfonamides is 1. The van der Waals surface area contributed by atoms with Crippen molar-refractivity contribution >= 4 is 54.6 Å². The average molecular weight is 655 g/mol. The number of nitrogens with zero attached hydrogens (tertiary/aromatic N) is 4. The number of primary sulfonamides is 1. The van der Waals surface area contributed by atoms with Crippen LogP contribution in [0.4, 0.5) is 4.39 Å². The summed E-state index contributed by atoms with van der Waals surface area (Å²) in [6, 6.07) is 10.3. The number of benzene rings is 2. The van der Waals surface area contributed by atoms with Crippen LogP contribution in [-0.2, 0) is 54.4 Å². The molecule has 2 aromatic heterocycles. The van der Waals surface area contributed by atoms with E-state index in [-0.39, 0.29) is 35.6 Å². The lowest BCUT2D eigenvalue weighted by molar-refractivity contribution is -0.144. The van der Waals surface area contributed by atoms with Gasteiger partial charge in [-0.2, -0.15) is 0 Å². The van der Waals surface area contributed by atoms with Gasteiger partial charge >= 0.3 is 5.97 Å². The van der Waals surface area contributed by atoms with E-state index in [9.17, 15) is 27.0 Å². The van der Waals surface area contributed by atoms with Gasteiger partial charge in [0.05, 0.1) is 23.5 Å². The fourth-order valence-corrected chi connectivity index (χ4v) is 6.69. The fraction of sp³-hybridized carbons (Fsp3) is 0.320. The topological polar surface area (TPSA) is 201 Å². The zero-order valence-electron chi connectivity index (χ0n) is 22.7. The van der Waals surface area contributed by atoms with Gasteiger partial charge in [0, 0.05) is 5.56 Å². The molecule has 0 bridgehead atoms. The molecule has 0 fully saturated rings. The Morgan fingerprint density at radius 2 is 2.00 bits per heavy atom. The predicted molar refractivity (Wildman–Crippen MR) is 154 cm³/mol. The van der Waals surface area contributed by atoms with Gasteiger partial charge in [0.25, 0.3) is 10.0 Å². The molecule has 0 radical (unpaired) electrons. The first kappa shape index (κ1) is 32.1. The summed E-state index contributed by atoms with van der Waals surface area (Å²) in [5.41, 5.74) is 1.51. The predicted octanol–water partition coefficient (Wildman–Crippen LogP) is 1.07. The number of amides is 1. The largest absolute Gasteiger partial charge is 0.616 e. The van der Waals surface area contributed by atoms with Crippen molar-refractivity contribution in [3.05, 3.63) is 59.9 Å². The van der Waals surface area contributed by atoms with E-state index < -0.39 is 45.8 Å². The molecule has 18 heteroatoms. The van der Waals surface area contributed by atoms with Crippen LogP contribution in [0.5, 0.6) is 11.5 Å². The standard InChI is InChI=1S/C25H27FN6O8S3/c1-38-24(34)21(15-42(35)14-16-3-2-4-18(9-16)39-8-7-26)28-23(33)12-32-11-17(30-31-32)13-40-19-5-6-20-22(10-19)41-25(29-20)43(27,36)37/h2-6,9-11,21H,7-8,12-15H2,1H3,(H,28,33)(H2,27,36,37)/t21-,42?/m1/s1. The number of methoxy groups -OCH3 is 1. The van der Waals surface area contributed by atoms with Crippen LogP contribution in [0.15, 0.2) is 53.0 Å². The van der Waals surface area contributed by atoms with E-state index >= 15 is 0 Å². The number of thiazole rings is 1. The van der Waals surface area contributed by atoms with Crippen molar-refractivity contribution in [1.82, 2.24) is 25.3 Å². The maximum absolute atomic E-state index is 12.8. The molecule has 4 rings (SSSR count). The minimum atomic E-state index is -3.92. The number of carbonyl (C=O) groups is 2. The number of carbonyl (C=O) groups excluding carboxylic acids is 2. The quantitative estimate of drug-likeness (QED) is 0.137. The van der Waals surface area contributed by atoms with Crippen LogP contribution in [0.25, 0.3) is 10.2 Å². The monoisotopic (exact) mass is 654 g/mol. The number of nitrogens with one attached hydrogen (secondary N) is 1. The molecule has 3 N–H and O–H groups in total. The molecular weight excluding hydrogens is 628 g/mol. The van der Waals surface area contributed by atoms with Gasteiger partial charge in [-0.05, 0) is 41.5 Å². The Morgan fingerprint density at radius 3 is 2.74 bits per heavy atom. The van der Waals surface area contributed by atoms with Crippen molar-refractivity contribution in [3.63, 3.8) is 0 Å². The van der Waals surface area contributed by atoms with Crippen molar-refractivity contribution in [1.29, 1.82) is 0 Å². The first-order valence-corrected chi connectivity index (χ1v) is 16.3. The van der Waals surface area contributed by atoms with E-state index in [0.717, 1.165) is 18.4 Å². The highest BCUT2D eigenvalue weighted by Crippen LogP contribution is 2.28. The second-order valence-corrected chi connectivity index (χ2v) is 13.2. The number of halogens is 1. The summed E-state index contributed by atoms with van der Waals surface area (Å²) < 4.78 is 65.6. The van der Waals surface area contributed by atoms with Gasteiger partial charge in [0.1, 0.15) is 55.1 Å². The Bertz CT molecular complexity index is 1680. The molecule has 0 aliphatic carbocycles. The van der Waals surface area contributed by atoms with Crippen LogP contribution in [-0.4, -0.2) is 77.0 Å². The lowest BCUT2D eigenvalue weighted by atomic mass is 10.2. The van der Waals surface area contributed by atoms with Crippen LogP contribution >= 0.6 is 11.3 Å². The number of ether oxygens (including phenoxy) is 3. The third-order valence-electron chi connectivity index (χ3n) is 5.61. The molecule has 230 valence electrons. The summed E-state index contributed by atoms with van der Waals surface area (Å²) in [5.74, 6) is -0.616. The van der Waals surface area contributed by atoms with Gasteiger partial charge in [-0.3, -0.25) is 4.79 Å². The van der Waals surface area contributed by atoms with Gasteiger partial charge in [0.2, 0.25) is 10.2 Å². The molecule has 2 heterocycles. The highest BCUT2D eigenvalue weighted by molar-refractivity contribution is 7.91. The van der Waals surface area contributed by atoms with Gasteiger partial charge in [-0.25, -0.2) is 32.4 Å². The minimum absolute atomic E-state index is 0.00222. The highest BCUT2D eigenvalue weighted by Gasteiger charge is 2.28. The van der Waals surface area contributed by atoms with Crippen molar-refractivity contribution in [2.75, 3.05) is 26.1 Å². The number of rotatable bonds is 15. The molecule has 14 nitrogen and oxygen atoms in total. The zero-order chi connectivity index (χ0) is 31.0. The summed E-state index contributed by atoms with van der Waals surface area (Å²) in [7, 11) is -2.76. The lowest BCUT2D eigenvalue weighted by Gasteiger charge is -2.19. The van der Waals surface area contributed by atoms with Crippen molar-refractivity contribution in [3.8, 4) is 11.5 Å². The van der Waals surface area contributed by atoms with E-state index in [1.165, 1.54) is 10.9 Å². The molecule has 2 atom stereocenters. The Balaban J connectivity index is 1.30. The van der Waals surface area contributed by atoms with E-state index in [1.54, 1.807) is 42.5 Å². The summed E-state index contributed by atoms with van der Waals surface area (Å²) in [5, 5.41) is 15.5. The average Bonchev–Trinajstić information content (AvgIpc) is 3.61. The third-order valence-corrected chi connectivity index (χ3v) is 9.31. The Kier molecular flexibility index (Phi) is 10.9. The zero-order valence-corrected chi connectivity index (χ0v) is 25.1. The van der Waals surface area contributed by atoms with Crippen LogP contribution in [0.3, 0.4) is 0 Å². The maximum Gasteiger partial charge on any atom is 0.333 e. The third kappa shape index (κ3) is 9.32. The second-order valence-electron chi connectivity index (χ2n) is 8.93. The molecule has 0 spiro atoms. The number of nitrogens with two attached hydrogens (primary N) is 1. The minimum Gasteiger partial charge on any atom is -0.616 e. The van der Waals surface area contributed by atoms with Crippen molar-refractivity contribution in [2.24, 2.45) is 5.14 Å². The summed E-state index contributed by atoms with van der Waals surface area (Å²) in [6.45, 7) is -1.03. The molecule has 0 aliphatic rings. The van der Waals surface area contributed by atoms with Gasteiger partial charge < -0.3 is 24.1 Å². The Hall–Kier alpha value is -3.84. The number of aromatic nitrogens is 4.